The summed E-state index contributed by atoms with van der Waals surface area (Å²) in [6.45, 7) is 2.89. The first-order valence-electron chi connectivity index (χ1n) is 9.35. The van der Waals surface area contributed by atoms with Crippen molar-refractivity contribution in [3.8, 4) is 11.7 Å². The van der Waals surface area contributed by atoms with Gasteiger partial charge in [0.1, 0.15) is 0 Å². The zero-order chi connectivity index (χ0) is 20.5. The Balaban J connectivity index is 1.49. The number of furan rings is 1. The Morgan fingerprint density at radius 2 is 1.90 bits per heavy atom. The number of nitrogens with zero attached hydrogens (tertiary/aromatic N) is 3. The largest absolute Gasteiger partial charge is 0.459 e. The number of carbonyl (C=O) groups is 2. The number of rotatable bonds is 9. The molecule has 0 unspecified atom stereocenters. The number of carbonyl (C=O) groups excluding carboxylic acids is 2. The summed E-state index contributed by atoms with van der Waals surface area (Å²) in [6, 6.07) is 12.6. The van der Waals surface area contributed by atoms with Crippen LogP contribution < -0.4 is 10.6 Å². The van der Waals surface area contributed by atoms with Gasteiger partial charge in [0.15, 0.2) is 5.76 Å². The third kappa shape index (κ3) is 5.93. The summed E-state index contributed by atoms with van der Waals surface area (Å²) in [4.78, 5) is 26.0. The zero-order valence-electron chi connectivity index (χ0n) is 16.1. The van der Waals surface area contributed by atoms with Gasteiger partial charge < -0.3 is 24.4 Å². The van der Waals surface area contributed by atoms with E-state index in [0.717, 1.165) is 12.0 Å². The Labute approximate surface area is 168 Å². The lowest BCUT2D eigenvalue weighted by atomic mass is 10.2. The van der Waals surface area contributed by atoms with E-state index in [-0.39, 0.29) is 24.9 Å². The second-order valence-electron chi connectivity index (χ2n) is 6.32. The number of hydrogen-bond donors (Lipinski definition) is 2. The van der Waals surface area contributed by atoms with Crippen molar-refractivity contribution < 1.29 is 18.4 Å². The molecular formula is C20H23N5O4. The summed E-state index contributed by atoms with van der Waals surface area (Å²) >= 11 is 0. The van der Waals surface area contributed by atoms with Crippen LogP contribution in [0.15, 0.2) is 57.6 Å². The van der Waals surface area contributed by atoms with Crippen molar-refractivity contribution in [1.29, 1.82) is 0 Å². The van der Waals surface area contributed by atoms with Gasteiger partial charge in [0.2, 0.25) is 11.8 Å². The molecule has 3 amide bonds. The first kappa shape index (κ1) is 20.1. The van der Waals surface area contributed by atoms with E-state index < -0.39 is 6.03 Å². The van der Waals surface area contributed by atoms with E-state index in [9.17, 15) is 9.59 Å². The quantitative estimate of drug-likeness (QED) is 0.574. The van der Waals surface area contributed by atoms with Gasteiger partial charge in [-0.1, -0.05) is 37.3 Å². The Kier molecular flexibility index (Phi) is 6.99. The van der Waals surface area contributed by atoms with Crippen molar-refractivity contribution in [2.24, 2.45) is 0 Å². The van der Waals surface area contributed by atoms with Crippen LogP contribution >= 0.6 is 0 Å². The number of amides is 3. The molecule has 0 bridgehead atoms. The third-order valence-corrected chi connectivity index (χ3v) is 4.07. The lowest BCUT2D eigenvalue weighted by Crippen LogP contribution is -2.43. The lowest BCUT2D eigenvalue weighted by Gasteiger charge is -2.20. The van der Waals surface area contributed by atoms with Gasteiger partial charge in [0.05, 0.1) is 19.4 Å². The molecule has 0 atom stereocenters. The first-order chi connectivity index (χ1) is 14.2. The normalized spacial score (nSPS) is 10.5. The van der Waals surface area contributed by atoms with Crippen molar-refractivity contribution in [1.82, 2.24) is 25.7 Å². The van der Waals surface area contributed by atoms with Gasteiger partial charge in [-0.3, -0.25) is 4.79 Å². The average Bonchev–Trinajstić information content (AvgIpc) is 3.43. The highest BCUT2D eigenvalue weighted by Crippen LogP contribution is 2.18. The molecule has 0 spiro atoms. The van der Waals surface area contributed by atoms with Crippen molar-refractivity contribution in [3.63, 3.8) is 0 Å². The number of hydrogen-bond acceptors (Lipinski definition) is 6. The summed E-state index contributed by atoms with van der Waals surface area (Å²) < 4.78 is 10.8. The van der Waals surface area contributed by atoms with E-state index >= 15 is 0 Å². The highest BCUT2D eigenvalue weighted by molar-refractivity contribution is 5.83. The van der Waals surface area contributed by atoms with Crippen LogP contribution in [0, 0.1) is 0 Å². The van der Waals surface area contributed by atoms with Crippen LogP contribution in [0.1, 0.15) is 24.8 Å². The monoisotopic (exact) mass is 397 g/mol. The number of nitrogens with one attached hydrogen (secondary N) is 2. The van der Waals surface area contributed by atoms with Gasteiger partial charge in [0.25, 0.3) is 5.89 Å². The highest BCUT2D eigenvalue weighted by Gasteiger charge is 2.18. The van der Waals surface area contributed by atoms with E-state index in [0.29, 0.717) is 24.7 Å². The zero-order valence-corrected chi connectivity index (χ0v) is 16.1. The second kappa shape index (κ2) is 10.1. The van der Waals surface area contributed by atoms with Gasteiger partial charge in [0, 0.05) is 13.1 Å². The van der Waals surface area contributed by atoms with E-state index in [1.165, 1.54) is 6.26 Å². The Morgan fingerprint density at radius 3 is 2.62 bits per heavy atom. The van der Waals surface area contributed by atoms with Crippen molar-refractivity contribution in [2.75, 3.05) is 13.1 Å². The molecule has 2 aromatic heterocycles. The van der Waals surface area contributed by atoms with Crippen molar-refractivity contribution >= 4 is 11.9 Å². The molecule has 0 aliphatic rings. The fourth-order valence-corrected chi connectivity index (χ4v) is 2.65. The molecule has 3 aromatic rings. The van der Waals surface area contributed by atoms with E-state index in [4.69, 9.17) is 8.83 Å². The van der Waals surface area contributed by atoms with Gasteiger partial charge in [-0.2, -0.15) is 0 Å². The molecule has 1 aromatic carbocycles. The maximum atomic E-state index is 12.5. The number of aromatic nitrogens is 2. The van der Waals surface area contributed by atoms with E-state index in [2.05, 4.69) is 20.8 Å². The molecule has 0 aliphatic heterocycles. The molecule has 2 N–H and O–H groups in total. The third-order valence-electron chi connectivity index (χ3n) is 4.07. The van der Waals surface area contributed by atoms with E-state index in [1.54, 1.807) is 17.0 Å². The molecule has 3 rings (SSSR count). The maximum absolute atomic E-state index is 12.5. The topological polar surface area (TPSA) is 114 Å². The summed E-state index contributed by atoms with van der Waals surface area (Å²) in [6.07, 6.45) is 2.27. The number of benzene rings is 1. The molecule has 0 saturated heterocycles. The molecular weight excluding hydrogens is 374 g/mol. The number of urea groups is 1. The first-order valence-corrected chi connectivity index (χ1v) is 9.35. The van der Waals surface area contributed by atoms with Gasteiger partial charge in [-0.15, -0.1) is 10.2 Å². The fraction of sp³-hybridized carbons (Fsp3) is 0.300. The van der Waals surface area contributed by atoms with Crippen LogP contribution in [0.5, 0.6) is 0 Å². The molecule has 0 aliphatic carbocycles. The predicted molar refractivity (Wildman–Crippen MR) is 104 cm³/mol. The second-order valence-corrected chi connectivity index (χ2v) is 6.32. The maximum Gasteiger partial charge on any atom is 0.315 e. The smallest absolute Gasteiger partial charge is 0.315 e. The van der Waals surface area contributed by atoms with Crippen LogP contribution in [0.2, 0.25) is 0 Å². The standard InChI is InChI=1S/C20H23N5O4/c1-2-10-25(14-17-23-24-19(29-17)16-9-6-11-28-16)18(26)13-22-20(27)21-12-15-7-4-3-5-8-15/h3-9,11H,2,10,12-14H2,1H3,(H2,21,22,27). The highest BCUT2D eigenvalue weighted by atomic mass is 16.4. The van der Waals surface area contributed by atoms with Crippen LogP contribution in [0.25, 0.3) is 11.7 Å². The van der Waals surface area contributed by atoms with Gasteiger partial charge in [-0.25, -0.2) is 4.79 Å². The molecule has 9 nitrogen and oxygen atoms in total. The van der Waals surface area contributed by atoms with Gasteiger partial charge in [-0.05, 0) is 24.1 Å². The Morgan fingerprint density at radius 1 is 1.07 bits per heavy atom. The summed E-state index contributed by atoms with van der Waals surface area (Å²) in [7, 11) is 0. The lowest BCUT2D eigenvalue weighted by molar-refractivity contribution is -0.131. The Bertz CT molecular complexity index is 908. The molecule has 152 valence electrons. The minimum Gasteiger partial charge on any atom is -0.459 e. The SMILES string of the molecule is CCCN(Cc1nnc(-c2ccco2)o1)C(=O)CNC(=O)NCc1ccccc1. The summed E-state index contributed by atoms with van der Waals surface area (Å²) in [5.74, 6) is 0.785. The molecule has 0 fully saturated rings. The fourth-order valence-electron chi connectivity index (χ4n) is 2.65. The van der Waals surface area contributed by atoms with Crippen LogP contribution in [0.3, 0.4) is 0 Å². The minimum absolute atomic E-state index is 0.125. The summed E-state index contributed by atoms with van der Waals surface area (Å²) in [5, 5.41) is 13.2. The summed E-state index contributed by atoms with van der Waals surface area (Å²) in [5.41, 5.74) is 0.977. The van der Waals surface area contributed by atoms with Crippen LogP contribution in [-0.4, -0.2) is 40.1 Å². The predicted octanol–water partition coefficient (Wildman–Crippen LogP) is 2.57. The molecule has 29 heavy (non-hydrogen) atoms. The van der Waals surface area contributed by atoms with Crippen molar-refractivity contribution in [3.05, 3.63) is 60.2 Å². The average molecular weight is 397 g/mol. The molecule has 0 radical (unpaired) electrons. The van der Waals surface area contributed by atoms with Crippen molar-refractivity contribution in [2.45, 2.75) is 26.4 Å². The Hall–Kier alpha value is -3.62. The van der Waals surface area contributed by atoms with Gasteiger partial charge >= 0.3 is 6.03 Å². The molecule has 9 heteroatoms. The molecule has 2 heterocycles. The van der Waals surface area contributed by atoms with Crippen LogP contribution in [0.4, 0.5) is 4.79 Å². The van der Waals surface area contributed by atoms with E-state index in [1.807, 2.05) is 37.3 Å². The minimum atomic E-state index is -0.406. The molecule has 0 saturated carbocycles. The van der Waals surface area contributed by atoms with Crippen LogP contribution in [-0.2, 0) is 17.9 Å².